The molecule has 5 aliphatic rings. The van der Waals surface area contributed by atoms with E-state index in [0.29, 0.717) is 37.2 Å². The van der Waals surface area contributed by atoms with E-state index in [1.165, 1.54) is 11.1 Å². The van der Waals surface area contributed by atoms with Gasteiger partial charge in [-0.05, 0) is 125 Å². The van der Waals surface area contributed by atoms with Gasteiger partial charge in [0.25, 0.3) is 5.91 Å². The summed E-state index contributed by atoms with van der Waals surface area (Å²) in [7, 11) is 0.219. The number of benzene rings is 2. The summed E-state index contributed by atoms with van der Waals surface area (Å²) in [4.78, 5) is 18.2. The van der Waals surface area contributed by atoms with Gasteiger partial charge in [0, 0.05) is 35.0 Å². The van der Waals surface area contributed by atoms with Crippen molar-refractivity contribution < 1.29 is 27.4 Å². The van der Waals surface area contributed by atoms with Gasteiger partial charge in [-0.15, -0.1) is 0 Å². The van der Waals surface area contributed by atoms with Gasteiger partial charge < -0.3 is 24.0 Å². The number of anilines is 1. The van der Waals surface area contributed by atoms with Crippen LogP contribution >= 0.6 is 11.6 Å². The summed E-state index contributed by atoms with van der Waals surface area (Å²) in [5.74, 6) is 1.05. The van der Waals surface area contributed by atoms with Crippen molar-refractivity contribution in [1.29, 1.82) is 0 Å². The highest BCUT2D eigenvalue weighted by Crippen LogP contribution is 2.49. The van der Waals surface area contributed by atoms with Crippen molar-refractivity contribution in [3.8, 4) is 5.75 Å². The highest BCUT2D eigenvalue weighted by molar-refractivity contribution is 7.90. The van der Waals surface area contributed by atoms with Crippen LogP contribution in [0.25, 0.3) is 0 Å². The number of hydrogen-bond acceptors (Lipinski definition) is 8. The average Bonchev–Trinajstić information content (AvgIpc) is 3.21. The molecule has 0 aromatic heterocycles. The number of carbonyl (C=O) groups excluding carboxylic acids is 1. The van der Waals surface area contributed by atoms with Crippen molar-refractivity contribution in [2.45, 2.75) is 88.2 Å². The normalized spacial score (nSPS) is 34.9. The van der Waals surface area contributed by atoms with E-state index in [0.717, 1.165) is 80.9 Å². The molecule has 1 saturated heterocycles. The van der Waals surface area contributed by atoms with Crippen molar-refractivity contribution in [2.75, 3.05) is 51.9 Å². The van der Waals surface area contributed by atoms with Gasteiger partial charge in [-0.2, -0.15) is 0 Å². The average molecular weight is 714 g/mol. The number of ether oxygens (including phenoxy) is 3. The fourth-order valence-corrected chi connectivity index (χ4v) is 10.5. The molecule has 0 radical (unpaired) electrons. The minimum absolute atomic E-state index is 0.122. The fourth-order valence-electron chi connectivity index (χ4n) is 9.03. The van der Waals surface area contributed by atoms with Crippen LogP contribution in [-0.4, -0.2) is 83.8 Å². The number of rotatable bonds is 2. The lowest BCUT2D eigenvalue weighted by molar-refractivity contribution is -0.240. The van der Waals surface area contributed by atoms with E-state index in [4.69, 9.17) is 25.8 Å². The largest absolute Gasteiger partial charge is 0.490 e. The molecule has 0 unspecified atom stereocenters. The molecule has 1 N–H and O–H groups in total. The highest BCUT2D eigenvalue weighted by atomic mass is 35.5. The number of amides is 1. The Morgan fingerprint density at radius 1 is 0.980 bits per heavy atom. The third-order valence-corrected chi connectivity index (χ3v) is 14.6. The summed E-state index contributed by atoms with van der Waals surface area (Å²) in [5.41, 5.74) is 3.48. The Balaban J connectivity index is 1.26. The van der Waals surface area contributed by atoms with Crippen LogP contribution < -0.4 is 14.4 Å². The van der Waals surface area contributed by atoms with E-state index in [1.807, 2.05) is 25.1 Å². The number of carbonyl (C=O) groups is 1. The fraction of sp³-hybridized carbons (Fsp3) is 0.658. The lowest BCUT2D eigenvalue weighted by Crippen LogP contribution is -2.52. The number of aryl methyl sites for hydroxylation is 1. The molecule has 9 nitrogen and oxygen atoms in total. The maximum atomic E-state index is 13.6. The number of nitrogens with zero attached hydrogens (tertiary/aromatic N) is 2. The molecule has 11 heteroatoms. The SMILES string of the molecule is C[C@@H]1[C@@H](C)CCC[C@H](C2OCC(N(C)C)CO2)[C@@H]2CC[C@H]2CN2C[C@@]3(CCCc4cc(Cl)ccc43)COc3ccc(cc32)C(=O)NS1(=O)=O. The Bertz CT molecular complexity index is 1650. The van der Waals surface area contributed by atoms with Crippen molar-refractivity contribution in [2.24, 2.45) is 23.7 Å². The molecule has 49 heavy (non-hydrogen) atoms. The molecule has 1 saturated carbocycles. The third-order valence-electron chi connectivity index (χ3n) is 12.5. The summed E-state index contributed by atoms with van der Waals surface area (Å²) < 4.78 is 49.0. The molecule has 2 bridgehead atoms. The third kappa shape index (κ3) is 6.97. The number of nitrogens with one attached hydrogen (secondary N) is 1. The van der Waals surface area contributed by atoms with Crippen molar-refractivity contribution in [3.05, 3.63) is 58.1 Å². The standard InChI is InChI=1S/C38H52ClN3O6S/c1-24-7-5-9-32(37-46-20-30(21-47-37)41(3)4)31-13-10-28(31)19-42-22-38(16-6-8-26-17-29(39)12-14-33(26)38)23-48-35-15-11-27(18-34(35)42)36(43)40-49(44,45)25(24)2/h11-12,14-15,17-18,24-25,28,30-32,37H,5-10,13,16,19-23H2,1-4H3,(H,40,43)/t24-,25+,28-,30?,31+,32-,37?,38-/m0/s1. The molecule has 3 aliphatic heterocycles. The van der Waals surface area contributed by atoms with Crippen LogP contribution in [-0.2, 0) is 31.3 Å². The van der Waals surface area contributed by atoms with Gasteiger partial charge in [0.2, 0.25) is 10.0 Å². The quantitative estimate of drug-likeness (QED) is 0.404. The van der Waals surface area contributed by atoms with E-state index in [1.54, 1.807) is 13.0 Å². The lowest BCUT2D eigenvalue weighted by Gasteiger charge is -2.49. The topological polar surface area (TPSA) is 97.4 Å². The lowest BCUT2D eigenvalue weighted by atomic mass is 9.64. The zero-order valence-electron chi connectivity index (χ0n) is 29.3. The number of hydrogen-bond donors (Lipinski definition) is 1. The van der Waals surface area contributed by atoms with Gasteiger partial charge in [0.15, 0.2) is 6.29 Å². The first-order chi connectivity index (χ1) is 23.4. The molecular weight excluding hydrogens is 662 g/mol. The van der Waals surface area contributed by atoms with Crippen LogP contribution in [0.1, 0.15) is 80.3 Å². The maximum absolute atomic E-state index is 13.6. The Morgan fingerprint density at radius 2 is 1.78 bits per heavy atom. The summed E-state index contributed by atoms with van der Waals surface area (Å²) in [6.07, 6.45) is 7.49. The molecule has 2 aliphatic carbocycles. The van der Waals surface area contributed by atoms with E-state index >= 15 is 0 Å². The summed E-state index contributed by atoms with van der Waals surface area (Å²) in [6, 6.07) is 11.9. The van der Waals surface area contributed by atoms with Gasteiger partial charge in [0.1, 0.15) is 5.75 Å². The highest BCUT2D eigenvalue weighted by Gasteiger charge is 2.47. The number of likely N-dealkylation sites (N-methyl/N-ethyl adjacent to an activating group) is 1. The van der Waals surface area contributed by atoms with Gasteiger partial charge in [-0.3, -0.25) is 4.79 Å². The van der Waals surface area contributed by atoms with Gasteiger partial charge in [-0.25, -0.2) is 13.1 Å². The van der Waals surface area contributed by atoms with Crippen molar-refractivity contribution >= 4 is 33.2 Å². The molecule has 7 rings (SSSR count). The number of fused-ring (bicyclic) bond motifs is 4. The maximum Gasteiger partial charge on any atom is 0.264 e. The van der Waals surface area contributed by atoms with Gasteiger partial charge >= 0.3 is 0 Å². The smallest absolute Gasteiger partial charge is 0.264 e. The zero-order chi connectivity index (χ0) is 34.5. The van der Waals surface area contributed by atoms with Crippen molar-refractivity contribution in [3.63, 3.8) is 0 Å². The first-order valence-electron chi connectivity index (χ1n) is 18.2. The van der Waals surface area contributed by atoms with Crippen LogP contribution in [0.2, 0.25) is 5.02 Å². The molecule has 1 spiro atoms. The van der Waals surface area contributed by atoms with Crippen LogP contribution in [0.5, 0.6) is 5.75 Å². The van der Waals surface area contributed by atoms with Crippen LogP contribution in [0.15, 0.2) is 36.4 Å². The number of sulfonamides is 1. The Hall–Kier alpha value is -2.37. The van der Waals surface area contributed by atoms with E-state index < -0.39 is 21.2 Å². The van der Waals surface area contributed by atoms with Crippen LogP contribution in [0, 0.1) is 23.7 Å². The molecule has 2 fully saturated rings. The minimum Gasteiger partial charge on any atom is -0.490 e. The van der Waals surface area contributed by atoms with Gasteiger partial charge in [0.05, 0.1) is 36.8 Å². The first-order valence-corrected chi connectivity index (χ1v) is 20.1. The summed E-state index contributed by atoms with van der Waals surface area (Å²) in [5, 5.41) is 0.0306. The second-order valence-electron chi connectivity index (χ2n) is 15.7. The minimum atomic E-state index is -3.90. The molecule has 268 valence electrons. The van der Waals surface area contributed by atoms with Crippen molar-refractivity contribution in [1.82, 2.24) is 9.62 Å². The monoisotopic (exact) mass is 713 g/mol. The Labute approximate surface area is 297 Å². The molecule has 6 atom stereocenters. The van der Waals surface area contributed by atoms with E-state index in [9.17, 15) is 13.2 Å². The zero-order valence-corrected chi connectivity index (χ0v) is 30.9. The molecule has 1 amide bonds. The Morgan fingerprint density at radius 3 is 2.51 bits per heavy atom. The van der Waals surface area contributed by atoms with Gasteiger partial charge in [-0.1, -0.05) is 31.0 Å². The van der Waals surface area contributed by atoms with Crippen LogP contribution in [0.4, 0.5) is 5.69 Å². The van der Waals surface area contributed by atoms with E-state index in [2.05, 4.69) is 40.7 Å². The first kappa shape index (κ1) is 35.1. The second-order valence-corrected chi connectivity index (χ2v) is 18.2. The van der Waals surface area contributed by atoms with Crippen LogP contribution in [0.3, 0.4) is 0 Å². The van der Waals surface area contributed by atoms with E-state index in [-0.39, 0.29) is 29.6 Å². The second kappa shape index (κ2) is 14.0. The Kier molecular flexibility index (Phi) is 10.0. The molecular formula is C38H52ClN3O6S. The molecule has 2 aromatic rings. The molecule has 3 heterocycles. The summed E-state index contributed by atoms with van der Waals surface area (Å²) >= 11 is 6.47. The molecule has 2 aromatic carbocycles. The predicted octanol–water partition coefficient (Wildman–Crippen LogP) is 6.03. The number of halogens is 1. The predicted molar refractivity (Wildman–Crippen MR) is 192 cm³/mol. The summed E-state index contributed by atoms with van der Waals surface area (Å²) in [6.45, 7) is 7.03.